The molecule has 0 amide bonds. The fourth-order valence-electron chi connectivity index (χ4n) is 2.83. The zero-order chi connectivity index (χ0) is 24.8. The van der Waals surface area contributed by atoms with Crippen LogP contribution in [0.25, 0.3) is 0 Å². The minimum absolute atomic E-state index is 0. The molecule has 0 saturated carbocycles. The third-order valence-corrected chi connectivity index (χ3v) is 5.73. The maximum Gasteiger partial charge on any atom is 1.00 e. The summed E-state index contributed by atoms with van der Waals surface area (Å²) in [4.78, 5) is 30.3. The van der Waals surface area contributed by atoms with Gasteiger partial charge in [-0.05, 0) is 32.1 Å². The summed E-state index contributed by atoms with van der Waals surface area (Å²) in [6.45, 7) is 2.26. The van der Waals surface area contributed by atoms with E-state index in [-0.39, 0.29) is 31.0 Å². The molecule has 0 aliphatic rings. The molecule has 0 fully saturated rings. The predicted molar refractivity (Wildman–Crippen MR) is 123 cm³/mol. The monoisotopic (exact) mass is 504 g/mol. The van der Waals surface area contributed by atoms with E-state index < -0.39 is 39.7 Å². The average molecular weight is 505 g/mol. The number of carboxylic acids is 3. The number of hydrogen-bond donors (Lipinski definition) is 4. The Morgan fingerprint density at radius 1 is 0.758 bits per heavy atom. The van der Waals surface area contributed by atoms with Gasteiger partial charge in [-0.3, -0.25) is 18.9 Å². The van der Waals surface area contributed by atoms with Crippen molar-refractivity contribution in [2.75, 3.05) is 0 Å². The van der Waals surface area contributed by atoms with Crippen LogP contribution in [-0.4, -0.2) is 51.4 Å². The second-order valence-electron chi connectivity index (χ2n) is 7.67. The Balaban J connectivity index is -0.000000279. The average Bonchev–Trinajstić information content (AvgIpc) is 2.68. The van der Waals surface area contributed by atoms with E-state index >= 15 is 0 Å². The number of rotatable bonds is 19. The molecule has 0 heterocycles. The molecule has 0 aliphatic carbocycles. The van der Waals surface area contributed by atoms with Crippen molar-refractivity contribution in [2.24, 2.45) is 0 Å². The van der Waals surface area contributed by atoms with Gasteiger partial charge in [0.1, 0.15) is 0 Å². The Kier molecular flexibility index (Phi) is 26.9. The molecule has 0 saturated heterocycles. The first-order valence-corrected chi connectivity index (χ1v) is 12.8. The van der Waals surface area contributed by atoms with Gasteiger partial charge in [-0.25, -0.2) is 0 Å². The SMILES string of the molecule is CCCCCCCCC=CCCCCCCCC(=O)O.O=C(O)CC(C(=O)O)S(=O)(=O)O.[H-].[Na+]. The second-order valence-corrected chi connectivity index (χ2v) is 9.27. The normalized spacial score (nSPS) is 11.8. The topological polar surface area (TPSA) is 166 Å². The molecule has 190 valence electrons. The summed E-state index contributed by atoms with van der Waals surface area (Å²) in [6.07, 6.45) is 20.1. The van der Waals surface area contributed by atoms with E-state index in [2.05, 4.69) is 19.1 Å². The molecule has 0 spiro atoms. The molecule has 0 rings (SSSR count). The van der Waals surface area contributed by atoms with E-state index in [4.69, 9.17) is 19.9 Å². The Morgan fingerprint density at radius 2 is 1.18 bits per heavy atom. The predicted octanol–water partition coefficient (Wildman–Crippen LogP) is 2.03. The second kappa shape index (κ2) is 24.2. The van der Waals surface area contributed by atoms with Crippen LogP contribution < -0.4 is 29.6 Å². The van der Waals surface area contributed by atoms with Crippen LogP contribution >= 0.6 is 0 Å². The van der Waals surface area contributed by atoms with Gasteiger partial charge < -0.3 is 16.7 Å². The molecule has 0 aromatic carbocycles. The molecule has 0 aromatic heterocycles. The van der Waals surface area contributed by atoms with Crippen LogP contribution in [0, 0.1) is 0 Å². The summed E-state index contributed by atoms with van der Waals surface area (Å²) in [6, 6.07) is 0. The molecule has 0 aromatic rings. The van der Waals surface area contributed by atoms with Crippen LogP contribution in [0.4, 0.5) is 0 Å². The Hall–Kier alpha value is -0.940. The van der Waals surface area contributed by atoms with Crippen molar-refractivity contribution < 1.29 is 73.7 Å². The van der Waals surface area contributed by atoms with Gasteiger partial charge in [0.15, 0.2) is 5.25 Å². The Morgan fingerprint density at radius 3 is 1.52 bits per heavy atom. The van der Waals surface area contributed by atoms with E-state index in [1.54, 1.807) is 0 Å². The van der Waals surface area contributed by atoms with Gasteiger partial charge in [-0.2, -0.15) is 8.42 Å². The summed E-state index contributed by atoms with van der Waals surface area (Å²) in [5.41, 5.74) is 0. The minimum Gasteiger partial charge on any atom is -1.00 e. The maximum atomic E-state index is 10.3. The van der Waals surface area contributed by atoms with E-state index in [1.165, 1.54) is 70.6 Å². The van der Waals surface area contributed by atoms with E-state index in [0.29, 0.717) is 6.42 Å². The molecular weight excluding hydrogens is 463 g/mol. The fourth-order valence-corrected chi connectivity index (χ4v) is 3.43. The van der Waals surface area contributed by atoms with E-state index in [1.807, 2.05) is 0 Å². The molecular formula is C22H41NaO9S. The summed E-state index contributed by atoms with van der Waals surface area (Å²) >= 11 is 0. The first-order chi connectivity index (χ1) is 15.0. The van der Waals surface area contributed by atoms with Crippen LogP contribution in [-0.2, 0) is 24.5 Å². The quantitative estimate of drug-likeness (QED) is 0.0890. The van der Waals surface area contributed by atoms with Gasteiger partial charge >= 0.3 is 47.5 Å². The first-order valence-electron chi connectivity index (χ1n) is 11.3. The van der Waals surface area contributed by atoms with Crippen molar-refractivity contribution in [3.8, 4) is 0 Å². The maximum absolute atomic E-state index is 10.3. The van der Waals surface area contributed by atoms with Crippen molar-refractivity contribution >= 4 is 28.0 Å². The third-order valence-electron chi connectivity index (χ3n) is 4.65. The van der Waals surface area contributed by atoms with Crippen LogP contribution in [0.2, 0.25) is 0 Å². The standard InChI is InChI=1S/C18H34O2.C4H6O7S.Na.H/c1-2-3-4-5-6-7-8-9-10-11-12-13-14-15-16-17-18(19)20;5-3(6)1-2(4(7)8)12(9,10)11;;/h9-10H,2-8,11-17H2,1H3,(H,19,20);2H,1H2,(H,5,6)(H,7,8)(H,9,10,11);;/q;;+1;-1. The fraction of sp³-hybridized carbons (Fsp3) is 0.773. The molecule has 11 heteroatoms. The molecule has 33 heavy (non-hydrogen) atoms. The van der Waals surface area contributed by atoms with Gasteiger partial charge in [-0.15, -0.1) is 0 Å². The van der Waals surface area contributed by atoms with Crippen molar-refractivity contribution in [1.29, 1.82) is 0 Å². The molecule has 4 N–H and O–H groups in total. The van der Waals surface area contributed by atoms with Crippen molar-refractivity contribution in [3.63, 3.8) is 0 Å². The Bertz CT molecular complexity index is 655. The molecule has 1 atom stereocenters. The summed E-state index contributed by atoms with van der Waals surface area (Å²) in [7, 11) is -4.84. The molecule has 0 bridgehead atoms. The van der Waals surface area contributed by atoms with Crippen molar-refractivity contribution in [1.82, 2.24) is 0 Å². The van der Waals surface area contributed by atoms with Gasteiger partial charge in [0, 0.05) is 6.42 Å². The van der Waals surface area contributed by atoms with Crippen LogP contribution in [0.5, 0.6) is 0 Å². The number of allylic oxidation sites excluding steroid dienone is 2. The van der Waals surface area contributed by atoms with Gasteiger partial charge in [0.25, 0.3) is 10.1 Å². The van der Waals surface area contributed by atoms with Crippen LogP contribution in [0.3, 0.4) is 0 Å². The number of unbranched alkanes of at least 4 members (excludes halogenated alkanes) is 11. The van der Waals surface area contributed by atoms with E-state index in [0.717, 1.165) is 12.8 Å². The zero-order valence-corrected chi connectivity index (χ0v) is 22.9. The summed E-state index contributed by atoms with van der Waals surface area (Å²) in [5.74, 6) is -4.16. The molecule has 0 radical (unpaired) electrons. The molecule has 1 unspecified atom stereocenters. The van der Waals surface area contributed by atoms with Gasteiger partial charge in [0.05, 0.1) is 6.42 Å². The largest absolute Gasteiger partial charge is 1.00 e. The van der Waals surface area contributed by atoms with Crippen molar-refractivity contribution in [3.05, 3.63) is 12.2 Å². The van der Waals surface area contributed by atoms with Gasteiger partial charge in [0.2, 0.25) is 0 Å². The Labute approximate surface area is 221 Å². The minimum atomic E-state index is -4.84. The van der Waals surface area contributed by atoms with Crippen molar-refractivity contribution in [2.45, 2.75) is 108 Å². The number of carboxylic acid groups (broad SMARTS) is 3. The number of hydrogen-bond acceptors (Lipinski definition) is 5. The third kappa shape index (κ3) is 29.0. The first kappa shape index (κ1) is 36.6. The van der Waals surface area contributed by atoms with E-state index in [9.17, 15) is 22.8 Å². The zero-order valence-electron chi connectivity index (χ0n) is 21.1. The molecule has 9 nitrogen and oxygen atoms in total. The van der Waals surface area contributed by atoms with Crippen LogP contribution in [0.15, 0.2) is 12.2 Å². The summed E-state index contributed by atoms with van der Waals surface area (Å²) in [5, 5.41) is 22.4. The summed E-state index contributed by atoms with van der Waals surface area (Å²) < 4.78 is 28.7. The van der Waals surface area contributed by atoms with Crippen LogP contribution in [0.1, 0.15) is 105 Å². The smallest absolute Gasteiger partial charge is 1.00 e. The van der Waals surface area contributed by atoms with Gasteiger partial charge in [-0.1, -0.05) is 70.4 Å². The number of carbonyl (C=O) groups is 3. The number of aliphatic carboxylic acids is 3. The molecule has 0 aliphatic heterocycles.